The Balaban J connectivity index is 1.43. The highest BCUT2D eigenvalue weighted by atomic mass is 16.5. The Morgan fingerprint density at radius 3 is 2.54 bits per heavy atom. The van der Waals surface area contributed by atoms with Crippen LogP contribution < -0.4 is 4.90 Å². The lowest BCUT2D eigenvalue weighted by Gasteiger charge is -2.14. The minimum Gasteiger partial charge on any atom is -0.457 e. The highest BCUT2D eigenvalue weighted by Crippen LogP contribution is 2.49. The van der Waals surface area contributed by atoms with Gasteiger partial charge in [-0.1, -0.05) is 30.3 Å². The second kappa shape index (κ2) is 6.09. The Hall–Kier alpha value is -2.95. The van der Waals surface area contributed by atoms with E-state index in [0.29, 0.717) is 12.0 Å². The first-order valence-corrected chi connectivity index (χ1v) is 8.67. The van der Waals surface area contributed by atoms with E-state index in [1.807, 2.05) is 30.3 Å². The van der Waals surface area contributed by atoms with Crippen molar-refractivity contribution in [1.29, 1.82) is 0 Å². The fourth-order valence-corrected chi connectivity index (χ4v) is 3.49. The van der Waals surface area contributed by atoms with Gasteiger partial charge in [-0.15, -0.1) is 0 Å². The number of benzene rings is 2. The molecule has 0 bridgehead atoms. The average Bonchev–Trinajstić information content (AvgIpc) is 3.43. The van der Waals surface area contributed by atoms with Crippen LogP contribution in [-0.4, -0.2) is 31.3 Å². The van der Waals surface area contributed by atoms with Crippen molar-refractivity contribution >= 4 is 23.3 Å². The van der Waals surface area contributed by atoms with E-state index in [2.05, 4.69) is 0 Å². The topological polar surface area (TPSA) is 63.7 Å². The number of ketones is 1. The largest absolute Gasteiger partial charge is 0.457 e. The summed E-state index contributed by atoms with van der Waals surface area (Å²) >= 11 is 0. The maximum absolute atomic E-state index is 12.5. The number of esters is 1. The third-order valence-corrected chi connectivity index (χ3v) is 5.28. The van der Waals surface area contributed by atoms with Crippen molar-refractivity contribution in [2.75, 3.05) is 18.6 Å². The molecule has 1 saturated carbocycles. The average molecular weight is 349 g/mol. The van der Waals surface area contributed by atoms with Gasteiger partial charge in [-0.25, -0.2) is 0 Å². The lowest BCUT2D eigenvalue weighted by atomic mass is 9.96. The number of likely N-dealkylation sites (N-methyl/N-ethyl adjacent to an activating group) is 1. The Labute approximate surface area is 151 Å². The number of carbonyl (C=O) groups excluding carboxylic acids is 3. The molecule has 0 atom stereocenters. The van der Waals surface area contributed by atoms with Gasteiger partial charge in [-0.3, -0.25) is 14.4 Å². The zero-order valence-corrected chi connectivity index (χ0v) is 14.5. The molecule has 1 aliphatic carbocycles. The monoisotopic (exact) mass is 349 g/mol. The molecule has 0 spiro atoms. The van der Waals surface area contributed by atoms with E-state index in [9.17, 15) is 14.4 Å². The normalized spacial score (nSPS) is 17.0. The summed E-state index contributed by atoms with van der Waals surface area (Å²) in [7, 11) is 1.72. The van der Waals surface area contributed by atoms with Crippen LogP contribution in [0.2, 0.25) is 0 Å². The fourth-order valence-electron chi connectivity index (χ4n) is 3.49. The molecule has 1 fully saturated rings. The van der Waals surface area contributed by atoms with Crippen LogP contribution in [0, 0.1) is 0 Å². The van der Waals surface area contributed by atoms with E-state index in [4.69, 9.17) is 4.74 Å². The molecule has 1 aliphatic heterocycles. The highest BCUT2D eigenvalue weighted by molar-refractivity contribution is 6.04. The van der Waals surface area contributed by atoms with Crippen molar-refractivity contribution in [3.05, 3.63) is 65.2 Å². The molecule has 2 aromatic carbocycles. The van der Waals surface area contributed by atoms with Crippen LogP contribution in [0.5, 0.6) is 0 Å². The lowest BCUT2D eigenvalue weighted by Crippen LogP contribution is -2.25. The van der Waals surface area contributed by atoms with Crippen molar-refractivity contribution in [3.63, 3.8) is 0 Å². The van der Waals surface area contributed by atoms with Crippen molar-refractivity contribution in [2.45, 2.75) is 24.7 Å². The predicted octanol–water partition coefficient (Wildman–Crippen LogP) is 2.66. The molecule has 1 amide bonds. The van der Waals surface area contributed by atoms with E-state index in [1.54, 1.807) is 30.1 Å². The minimum atomic E-state index is -0.589. The van der Waals surface area contributed by atoms with E-state index in [0.717, 1.165) is 29.7 Å². The molecule has 4 rings (SSSR count). The number of amides is 1. The van der Waals surface area contributed by atoms with Gasteiger partial charge in [0.05, 0.1) is 11.8 Å². The summed E-state index contributed by atoms with van der Waals surface area (Å²) < 4.78 is 5.34. The molecule has 5 nitrogen and oxygen atoms in total. The Morgan fingerprint density at radius 1 is 1.12 bits per heavy atom. The van der Waals surface area contributed by atoms with E-state index in [1.165, 1.54) is 0 Å². The minimum absolute atomic E-state index is 0.00885. The predicted molar refractivity (Wildman–Crippen MR) is 96.2 cm³/mol. The summed E-state index contributed by atoms with van der Waals surface area (Å²) in [5.74, 6) is -0.588. The summed E-state index contributed by atoms with van der Waals surface area (Å²) in [5.41, 5.74) is 2.47. The third-order valence-electron chi connectivity index (χ3n) is 5.28. The summed E-state index contributed by atoms with van der Waals surface area (Å²) in [4.78, 5) is 38.3. The first-order chi connectivity index (χ1) is 12.5. The smallest absolute Gasteiger partial charge is 0.317 e. The van der Waals surface area contributed by atoms with Crippen molar-refractivity contribution in [1.82, 2.24) is 0 Å². The number of Topliss-reactive ketones (excluding diaryl/α,β-unsaturated/α-hetero) is 1. The van der Waals surface area contributed by atoms with Crippen molar-refractivity contribution in [2.24, 2.45) is 0 Å². The first-order valence-electron chi connectivity index (χ1n) is 8.67. The fraction of sp³-hybridized carbons (Fsp3) is 0.286. The molecule has 0 aromatic heterocycles. The van der Waals surface area contributed by atoms with E-state index < -0.39 is 5.41 Å². The van der Waals surface area contributed by atoms with Gasteiger partial charge in [-0.05, 0) is 42.2 Å². The molecular formula is C21H19NO4. The SMILES string of the molecule is CN1C(=O)Cc2cc(C(=O)COC(=O)C3(c4ccccc4)CC3)ccc21. The van der Waals surface area contributed by atoms with Crippen LogP contribution >= 0.6 is 0 Å². The maximum Gasteiger partial charge on any atom is 0.317 e. The van der Waals surface area contributed by atoms with Gasteiger partial charge in [0.2, 0.25) is 5.91 Å². The number of nitrogens with zero attached hydrogens (tertiary/aromatic N) is 1. The van der Waals surface area contributed by atoms with Crippen molar-refractivity contribution < 1.29 is 19.1 Å². The summed E-state index contributed by atoms with van der Waals surface area (Å²) in [6.07, 6.45) is 1.79. The summed E-state index contributed by atoms with van der Waals surface area (Å²) in [5, 5.41) is 0. The molecule has 5 heteroatoms. The molecule has 2 aromatic rings. The van der Waals surface area contributed by atoms with Gasteiger partial charge < -0.3 is 9.64 Å². The van der Waals surface area contributed by atoms with Crippen LogP contribution in [0.3, 0.4) is 0 Å². The second-order valence-electron chi connectivity index (χ2n) is 6.92. The molecule has 2 aliphatic rings. The molecule has 0 unspecified atom stereocenters. The number of anilines is 1. The third kappa shape index (κ3) is 2.69. The molecule has 132 valence electrons. The van der Waals surface area contributed by atoms with Gasteiger partial charge in [-0.2, -0.15) is 0 Å². The van der Waals surface area contributed by atoms with Crippen LogP contribution in [0.15, 0.2) is 48.5 Å². The van der Waals surface area contributed by atoms with E-state index in [-0.39, 0.29) is 24.3 Å². The van der Waals surface area contributed by atoms with Crippen LogP contribution in [0.25, 0.3) is 0 Å². The van der Waals surface area contributed by atoms with Gasteiger partial charge in [0.1, 0.15) is 0 Å². The van der Waals surface area contributed by atoms with Crippen LogP contribution in [0.4, 0.5) is 5.69 Å². The zero-order valence-electron chi connectivity index (χ0n) is 14.5. The standard InChI is InChI=1S/C21H19NO4/c1-22-17-8-7-14(11-15(17)12-19(22)24)18(23)13-26-20(25)21(9-10-21)16-5-3-2-4-6-16/h2-8,11H,9-10,12-13H2,1H3. The van der Waals surface area contributed by atoms with Gasteiger partial charge >= 0.3 is 5.97 Å². The summed E-state index contributed by atoms with van der Waals surface area (Å²) in [6.45, 7) is -0.282. The highest BCUT2D eigenvalue weighted by Gasteiger charge is 2.52. The Bertz CT molecular complexity index is 899. The molecule has 0 N–H and O–H groups in total. The number of ether oxygens (including phenoxy) is 1. The number of rotatable bonds is 5. The molecule has 0 radical (unpaired) electrons. The number of hydrogen-bond donors (Lipinski definition) is 0. The number of hydrogen-bond acceptors (Lipinski definition) is 4. The zero-order chi connectivity index (χ0) is 18.3. The Kier molecular flexibility index (Phi) is 3.87. The molecular weight excluding hydrogens is 330 g/mol. The quantitative estimate of drug-likeness (QED) is 0.615. The molecule has 26 heavy (non-hydrogen) atoms. The van der Waals surface area contributed by atoms with Crippen LogP contribution in [0.1, 0.15) is 34.3 Å². The first kappa shape index (κ1) is 16.5. The van der Waals surface area contributed by atoms with E-state index >= 15 is 0 Å². The molecule has 0 saturated heterocycles. The number of fused-ring (bicyclic) bond motifs is 1. The van der Waals surface area contributed by atoms with Crippen LogP contribution in [-0.2, 0) is 26.2 Å². The molecule has 1 heterocycles. The van der Waals surface area contributed by atoms with Gasteiger partial charge in [0, 0.05) is 18.3 Å². The van der Waals surface area contributed by atoms with Gasteiger partial charge in [0.15, 0.2) is 12.4 Å². The van der Waals surface area contributed by atoms with Gasteiger partial charge in [0.25, 0.3) is 0 Å². The lowest BCUT2D eigenvalue weighted by molar-refractivity contribution is -0.145. The van der Waals surface area contributed by atoms with Crippen molar-refractivity contribution in [3.8, 4) is 0 Å². The number of carbonyl (C=O) groups is 3. The summed E-state index contributed by atoms with van der Waals surface area (Å²) in [6, 6.07) is 14.7. The maximum atomic E-state index is 12.5. The Morgan fingerprint density at radius 2 is 1.85 bits per heavy atom. The second-order valence-corrected chi connectivity index (χ2v) is 6.92.